The monoisotopic (exact) mass is 236 g/mol. The molecule has 96 valence electrons. The Labute approximate surface area is 104 Å². The number of nitrogens with zero attached hydrogens (tertiary/aromatic N) is 2. The fourth-order valence-electron chi connectivity index (χ4n) is 1.58. The van der Waals surface area contributed by atoms with Gasteiger partial charge in [-0.2, -0.15) is 0 Å². The number of aryl methyl sites for hydroxylation is 1. The van der Waals surface area contributed by atoms with Crippen LogP contribution in [0.25, 0.3) is 0 Å². The van der Waals surface area contributed by atoms with E-state index in [-0.39, 0.29) is 0 Å². The van der Waals surface area contributed by atoms with Crippen molar-refractivity contribution >= 4 is 11.5 Å². The van der Waals surface area contributed by atoms with Crippen molar-refractivity contribution in [2.45, 2.75) is 33.2 Å². The van der Waals surface area contributed by atoms with Gasteiger partial charge in [-0.1, -0.05) is 0 Å². The second kappa shape index (κ2) is 6.45. The predicted molar refractivity (Wildman–Crippen MR) is 74.3 cm³/mol. The van der Waals surface area contributed by atoms with Gasteiger partial charge in [0.05, 0.1) is 11.9 Å². The summed E-state index contributed by atoms with van der Waals surface area (Å²) < 4.78 is 0. The fourth-order valence-corrected chi connectivity index (χ4v) is 1.58. The molecule has 0 atom stereocenters. The minimum atomic E-state index is 0.603. The summed E-state index contributed by atoms with van der Waals surface area (Å²) in [7, 11) is 2.15. The standard InChI is InChI=1S/C13H24N4/c1-10(2)17(4)7-5-6-15-13-11(3)8-12(14)9-16-13/h8-10H,5-7,14H2,1-4H3,(H,15,16). The normalized spacial score (nSPS) is 11.2. The van der Waals surface area contributed by atoms with Gasteiger partial charge in [-0.15, -0.1) is 0 Å². The molecule has 4 heteroatoms. The molecule has 0 spiro atoms. The largest absolute Gasteiger partial charge is 0.397 e. The number of nitrogens with one attached hydrogen (secondary N) is 1. The van der Waals surface area contributed by atoms with Crippen LogP contribution in [0, 0.1) is 6.92 Å². The summed E-state index contributed by atoms with van der Waals surface area (Å²) in [4.78, 5) is 6.62. The summed E-state index contributed by atoms with van der Waals surface area (Å²) >= 11 is 0. The van der Waals surface area contributed by atoms with Crippen molar-refractivity contribution in [2.24, 2.45) is 0 Å². The van der Waals surface area contributed by atoms with Gasteiger partial charge in [-0.05, 0) is 52.4 Å². The Morgan fingerprint density at radius 2 is 2.18 bits per heavy atom. The van der Waals surface area contributed by atoms with E-state index in [0.717, 1.165) is 30.9 Å². The Bertz CT molecular complexity index is 349. The highest BCUT2D eigenvalue weighted by atomic mass is 15.1. The molecule has 0 unspecified atom stereocenters. The molecular formula is C13H24N4. The van der Waals surface area contributed by atoms with Crippen molar-refractivity contribution in [1.29, 1.82) is 0 Å². The van der Waals surface area contributed by atoms with Crippen molar-refractivity contribution in [2.75, 3.05) is 31.2 Å². The summed E-state index contributed by atoms with van der Waals surface area (Å²) in [6.07, 6.45) is 2.80. The molecule has 1 heterocycles. The van der Waals surface area contributed by atoms with Crippen LogP contribution in [-0.4, -0.2) is 36.1 Å². The topological polar surface area (TPSA) is 54.2 Å². The summed E-state index contributed by atoms with van der Waals surface area (Å²) in [6, 6.07) is 2.54. The maximum atomic E-state index is 5.66. The summed E-state index contributed by atoms with van der Waals surface area (Å²) in [5.41, 5.74) is 7.47. The van der Waals surface area contributed by atoms with Crippen molar-refractivity contribution < 1.29 is 0 Å². The zero-order valence-electron chi connectivity index (χ0n) is 11.3. The summed E-state index contributed by atoms with van der Waals surface area (Å²) in [5, 5.41) is 3.34. The Kier molecular flexibility index (Phi) is 5.22. The van der Waals surface area contributed by atoms with Crippen LogP contribution >= 0.6 is 0 Å². The molecule has 0 aromatic carbocycles. The number of nitrogen functional groups attached to an aromatic ring is 1. The maximum absolute atomic E-state index is 5.66. The predicted octanol–water partition coefficient (Wildman–Crippen LogP) is 2.11. The van der Waals surface area contributed by atoms with Gasteiger partial charge >= 0.3 is 0 Å². The van der Waals surface area contributed by atoms with Gasteiger partial charge in [0, 0.05) is 12.6 Å². The van der Waals surface area contributed by atoms with Gasteiger partial charge < -0.3 is 16.0 Å². The molecule has 0 aliphatic rings. The summed E-state index contributed by atoms with van der Waals surface area (Å²) in [5.74, 6) is 0.936. The van der Waals surface area contributed by atoms with E-state index in [4.69, 9.17) is 5.73 Å². The smallest absolute Gasteiger partial charge is 0.128 e. The Balaban J connectivity index is 2.31. The SMILES string of the molecule is Cc1cc(N)cnc1NCCCN(C)C(C)C. The highest BCUT2D eigenvalue weighted by molar-refractivity contribution is 5.50. The Morgan fingerprint density at radius 3 is 2.76 bits per heavy atom. The molecule has 1 aromatic heterocycles. The number of hydrogen-bond acceptors (Lipinski definition) is 4. The van der Waals surface area contributed by atoms with E-state index in [0.29, 0.717) is 11.7 Å². The molecule has 0 saturated carbocycles. The van der Waals surface area contributed by atoms with E-state index in [1.807, 2.05) is 13.0 Å². The van der Waals surface area contributed by atoms with Crippen LogP contribution in [0.4, 0.5) is 11.5 Å². The molecule has 0 aliphatic heterocycles. The van der Waals surface area contributed by atoms with Gasteiger partial charge in [-0.25, -0.2) is 4.98 Å². The van der Waals surface area contributed by atoms with E-state index in [1.54, 1.807) is 6.20 Å². The highest BCUT2D eigenvalue weighted by Gasteiger charge is 2.03. The first-order valence-corrected chi connectivity index (χ1v) is 6.17. The minimum Gasteiger partial charge on any atom is -0.397 e. The lowest BCUT2D eigenvalue weighted by molar-refractivity contribution is 0.273. The van der Waals surface area contributed by atoms with Crippen LogP contribution in [0.2, 0.25) is 0 Å². The number of anilines is 2. The van der Waals surface area contributed by atoms with Crippen LogP contribution in [0.3, 0.4) is 0 Å². The van der Waals surface area contributed by atoms with Gasteiger partial charge in [-0.3, -0.25) is 0 Å². The zero-order chi connectivity index (χ0) is 12.8. The lowest BCUT2D eigenvalue weighted by atomic mass is 10.2. The molecule has 0 radical (unpaired) electrons. The van der Waals surface area contributed by atoms with E-state index in [2.05, 4.69) is 36.1 Å². The van der Waals surface area contributed by atoms with E-state index in [9.17, 15) is 0 Å². The Morgan fingerprint density at radius 1 is 1.47 bits per heavy atom. The molecule has 17 heavy (non-hydrogen) atoms. The molecule has 4 nitrogen and oxygen atoms in total. The van der Waals surface area contributed by atoms with Crippen LogP contribution in [0.1, 0.15) is 25.8 Å². The van der Waals surface area contributed by atoms with Gasteiger partial charge in [0.1, 0.15) is 5.82 Å². The first-order chi connectivity index (χ1) is 8.00. The lowest BCUT2D eigenvalue weighted by Gasteiger charge is -2.20. The molecule has 0 aliphatic carbocycles. The maximum Gasteiger partial charge on any atom is 0.128 e. The Hall–Kier alpha value is -1.29. The average Bonchev–Trinajstić information content (AvgIpc) is 2.26. The molecule has 1 rings (SSSR count). The van der Waals surface area contributed by atoms with Crippen molar-refractivity contribution in [1.82, 2.24) is 9.88 Å². The van der Waals surface area contributed by atoms with Crippen molar-refractivity contribution in [3.63, 3.8) is 0 Å². The molecule has 3 N–H and O–H groups in total. The van der Waals surface area contributed by atoms with E-state index >= 15 is 0 Å². The number of rotatable bonds is 6. The lowest BCUT2D eigenvalue weighted by Crippen LogP contribution is -2.28. The van der Waals surface area contributed by atoms with Crippen molar-refractivity contribution in [3.05, 3.63) is 17.8 Å². The first-order valence-electron chi connectivity index (χ1n) is 6.17. The quantitative estimate of drug-likeness (QED) is 0.743. The van der Waals surface area contributed by atoms with Crippen LogP contribution in [-0.2, 0) is 0 Å². The first kappa shape index (κ1) is 13.8. The fraction of sp³-hybridized carbons (Fsp3) is 0.615. The molecule has 0 fully saturated rings. The third kappa shape index (κ3) is 4.61. The van der Waals surface area contributed by atoms with Crippen LogP contribution < -0.4 is 11.1 Å². The zero-order valence-corrected chi connectivity index (χ0v) is 11.3. The number of nitrogens with two attached hydrogens (primary N) is 1. The minimum absolute atomic E-state index is 0.603. The number of pyridine rings is 1. The average molecular weight is 236 g/mol. The molecule has 1 aromatic rings. The molecular weight excluding hydrogens is 212 g/mol. The molecule has 0 saturated heterocycles. The van der Waals surface area contributed by atoms with Crippen molar-refractivity contribution in [3.8, 4) is 0 Å². The second-order valence-electron chi connectivity index (χ2n) is 4.79. The number of hydrogen-bond donors (Lipinski definition) is 2. The third-order valence-corrected chi connectivity index (χ3v) is 2.96. The van der Waals surface area contributed by atoms with Gasteiger partial charge in [0.25, 0.3) is 0 Å². The van der Waals surface area contributed by atoms with Crippen LogP contribution in [0.15, 0.2) is 12.3 Å². The molecule has 0 amide bonds. The van der Waals surface area contributed by atoms with E-state index < -0.39 is 0 Å². The molecule has 0 bridgehead atoms. The highest BCUT2D eigenvalue weighted by Crippen LogP contribution is 2.13. The van der Waals surface area contributed by atoms with Gasteiger partial charge in [0.2, 0.25) is 0 Å². The van der Waals surface area contributed by atoms with Crippen LogP contribution in [0.5, 0.6) is 0 Å². The second-order valence-corrected chi connectivity index (χ2v) is 4.79. The van der Waals surface area contributed by atoms with E-state index in [1.165, 1.54) is 0 Å². The summed E-state index contributed by atoms with van der Waals surface area (Å²) in [6.45, 7) is 8.47. The third-order valence-electron chi connectivity index (χ3n) is 2.96. The number of aromatic nitrogens is 1. The van der Waals surface area contributed by atoms with Gasteiger partial charge in [0.15, 0.2) is 0 Å².